The van der Waals surface area contributed by atoms with E-state index in [2.05, 4.69) is 11.4 Å². The summed E-state index contributed by atoms with van der Waals surface area (Å²) in [6.07, 6.45) is 5.83. The fourth-order valence-electron chi connectivity index (χ4n) is 3.45. The Balaban J connectivity index is 1.75. The van der Waals surface area contributed by atoms with E-state index in [1.807, 2.05) is 11.8 Å². The van der Waals surface area contributed by atoms with E-state index in [4.69, 9.17) is 0 Å². The summed E-state index contributed by atoms with van der Waals surface area (Å²) in [5, 5.41) is 22.8. The van der Waals surface area contributed by atoms with Gasteiger partial charge in [-0.2, -0.15) is 5.26 Å². The average Bonchev–Trinajstić information content (AvgIpc) is 3.02. The monoisotopic (exact) mass is 333 g/mol. The molecule has 2 atom stereocenters. The van der Waals surface area contributed by atoms with Crippen LogP contribution in [-0.2, 0) is 17.6 Å². The van der Waals surface area contributed by atoms with Crippen molar-refractivity contribution in [1.29, 1.82) is 5.26 Å². The topological polar surface area (TPSA) is 76.4 Å². The summed E-state index contributed by atoms with van der Waals surface area (Å²) in [7, 11) is 0. The van der Waals surface area contributed by atoms with Gasteiger partial charge in [0.1, 0.15) is 11.1 Å². The molecule has 3 rings (SSSR count). The fraction of sp³-hybridized carbons (Fsp3) is 0.647. The Morgan fingerprint density at radius 3 is 2.91 bits per heavy atom. The van der Waals surface area contributed by atoms with Crippen molar-refractivity contribution >= 4 is 22.2 Å². The highest BCUT2D eigenvalue weighted by Crippen LogP contribution is 2.37. The Morgan fingerprint density at radius 2 is 2.22 bits per heavy atom. The van der Waals surface area contributed by atoms with Gasteiger partial charge in [0.25, 0.3) is 0 Å². The second kappa shape index (κ2) is 7.00. The van der Waals surface area contributed by atoms with E-state index >= 15 is 0 Å². The molecular weight excluding hydrogens is 310 g/mol. The largest absolute Gasteiger partial charge is 0.392 e. The van der Waals surface area contributed by atoms with Crippen LogP contribution in [0.25, 0.3) is 0 Å². The van der Waals surface area contributed by atoms with Gasteiger partial charge in [0.05, 0.1) is 17.7 Å². The van der Waals surface area contributed by atoms with Gasteiger partial charge in [0, 0.05) is 18.0 Å². The van der Waals surface area contributed by atoms with E-state index in [1.54, 1.807) is 11.3 Å². The molecule has 0 bridgehead atoms. The predicted molar refractivity (Wildman–Crippen MR) is 90.6 cm³/mol. The molecule has 1 aromatic rings. The summed E-state index contributed by atoms with van der Waals surface area (Å²) in [4.78, 5) is 15.8. The lowest BCUT2D eigenvalue weighted by molar-refractivity contribution is -0.120. The van der Waals surface area contributed by atoms with Crippen LogP contribution in [0.2, 0.25) is 0 Å². The molecule has 1 saturated heterocycles. The number of rotatable bonds is 3. The minimum absolute atomic E-state index is 0.0907. The predicted octanol–water partition coefficient (Wildman–Crippen LogP) is 2.28. The Hall–Kier alpha value is -1.42. The third-order valence-electron chi connectivity index (χ3n) is 4.89. The van der Waals surface area contributed by atoms with Crippen LogP contribution in [0.15, 0.2) is 0 Å². The van der Waals surface area contributed by atoms with Gasteiger partial charge in [-0.1, -0.05) is 6.42 Å². The molecule has 1 aromatic heterocycles. The number of hydrogen-bond acceptors (Lipinski definition) is 5. The van der Waals surface area contributed by atoms with Crippen molar-refractivity contribution in [3.8, 4) is 6.07 Å². The molecule has 23 heavy (non-hydrogen) atoms. The summed E-state index contributed by atoms with van der Waals surface area (Å²) >= 11 is 1.57. The van der Waals surface area contributed by atoms with Crippen LogP contribution < -0.4 is 5.32 Å². The lowest BCUT2D eigenvalue weighted by Crippen LogP contribution is -2.41. The Labute approximate surface area is 140 Å². The number of carbonyl (C=O) groups is 1. The smallest absolute Gasteiger partial charge is 0.242 e. The molecule has 1 aliphatic heterocycles. The molecule has 1 unspecified atom stereocenters. The summed E-state index contributed by atoms with van der Waals surface area (Å²) < 4.78 is 0. The first-order chi connectivity index (χ1) is 11.1. The van der Waals surface area contributed by atoms with Crippen LogP contribution in [0.3, 0.4) is 0 Å². The molecule has 5 nitrogen and oxygen atoms in total. The van der Waals surface area contributed by atoms with Crippen LogP contribution >= 0.6 is 11.3 Å². The fourth-order valence-corrected chi connectivity index (χ4v) is 4.69. The lowest BCUT2D eigenvalue weighted by Gasteiger charge is -2.22. The zero-order chi connectivity index (χ0) is 16.4. The first-order valence-electron chi connectivity index (χ1n) is 8.37. The second-order valence-electron chi connectivity index (χ2n) is 6.48. The first-order valence-corrected chi connectivity index (χ1v) is 9.19. The van der Waals surface area contributed by atoms with E-state index in [0.29, 0.717) is 23.5 Å². The van der Waals surface area contributed by atoms with Gasteiger partial charge in [-0.25, -0.2) is 0 Å². The highest BCUT2D eigenvalue weighted by atomic mass is 32.1. The number of aryl methyl sites for hydroxylation is 1. The summed E-state index contributed by atoms with van der Waals surface area (Å²) in [6.45, 7) is 3.14. The quantitative estimate of drug-likeness (QED) is 0.832. The van der Waals surface area contributed by atoms with Crippen molar-refractivity contribution in [3.05, 3.63) is 16.0 Å². The van der Waals surface area contributed by atoms with Gasteiger partial charge in [-0.05, 0) is 44.6 Å². The van der Waals surface area contributed by atoms with Crippen molar-refractivity contribution < 1.29 is 9.90 Å². The van der Waals surface area contributed by atoms with Gasteiger partial charge in [0.15, 0.2) is 0 Å². The van der Waals surface area contributed by atoms with Crippen LogP contribution in [0.4, 0.5) is 5.00 Å². The molecule has 0 aromatic carbocycles. The Bertz CT molecular complexity index is 635. The number of nitrogens with zero attached hydrogens (tertiary/aromatic N) is 2. The number of thiophene rings is 1. The summed E-state index contributed by atoms with van der Waals surface area (Å²) in [5.41, 5.74) is 1.81. The van der Waals surface area contributed by atoms with E-state index in [0.717, 1.165) is 37.8 Å². The SMILES string of the molecule is CC(C(=O)Nc1sc2c(c1C#N)CCCCC2)N1CC[C@H](O)C1. The van der Waals surface area contributed by atoms with Gasteiger partial charge in [-0.15, -0.1) is 11.3 Å². The Morgan fingerprint density at radius 1 is 1.43 bits per heavy atom. The maximum absolute atomic E-state index is 12.5. The molecule has 6 heteroatoms. The highest BCUT2D eigenvalue weighted by Gasteiger charge is 2.29. The number of carbonyl (C=O) groups excluding carboxylic acids is 1. The van der Waals surface area contributed by atoms with E-state index < -0.39 is 0 Å². The summed E-state index contributed by atoms with van der Waals surface area (Å²) in [6, 6.07) is 2.00. The van der Waals surface area contributed by atoms with E-state index in [-0.39, 0.29) is 18.1 Å². The van der Waals surface area contributed by atoms with Crippen molar-refractivity contribution in [1.82, 2.24) is 4.90 Å². The first kappa shape index (κ1) is 16.4. The van der Waals surface area contributed by atoms with Crippen molar-refractivity contribution in [3.63, 3.8) is 0 Å². The number of nitrogens with one attached hydrogen (secondary N) is 1. The van der Waals surface area contributed by atoms with Crippen molar-refractivity contribution in [2.75, 3.05) is 18.4 Å². The molecular formula is C17H23N3O2S. The number of amides is 1. The van der Waals surface area contributed by atoms with Crippen LogP contribution in [-0.4, -0.2) is 41.1 Å². The maximum Gasteiger partial charge on any atom is 0.242 e. The van der Waals surface area contributed by atoms with Gasteiger partial charge in [0.2, 0.25) is 5.91 Å². The maximum atomic E-state index is 12.5. The minimum atomic E-state index is -0.335. The molecule has 2 heterocycles. The third-order valence-corrected chi connectivity index (χ3v) is 6.10. The molecule has 0 radical (unpaired) electrons. The number of aliphatic hydroxyl groups is 1. The van der Waals surface area contributed by atoms with Gasteiger partial charge in [-0.3, -0.25) is 9.69 Å². The lowest BCUT2D eigenvalue weighted by atomic mass is 10.1. The number of β-amino-alcohol motifs (C(OH)–C–C–N with tert-alkyl or cyclic N) is 1. The van der Waals surface area contributed by atoms with E-state index in [9.17, 15) is 15.2 Å². The molecule has 1 fully saturated rings. The minimum Gasteiger partial charge on any atom is -0.392 e. The van der Waals surface area contributed by atoms with Gasteiger partial charge >= 0.3 is 0 Å². The number of fused-ring (bicyclic) bond motifs is 1. The number of anilines is 1. The second-order valence-corrected chi connectivity index (χ2v) is 7.59. The highest BCUT2D eigenvalue weighted by molar-refractivity contribution is 7.16. The van der Waals surface area contributed by atoms with Crippen LogP contribution in [0.5, 0.6) is 0 Å². The van der Waals surface area contributed by atoms with Crippen molar-refractivity contribution in [2.24, 2.45) is 0 Å². The standard InChI is InChI=1S/C17H23N3O2S/c1-11(20-8-7-12(21)10-20)16(22)19-17-14(9-18)13-5-3-2-4-6-15(13)23-17/h11-12,21H,2-8,10H2,1H3,(H,19,22)/t11?,12-/m0/s1. The molecule has 1 aliphatic carbocycles. The molecule has 2 aliphatic rings. The molecule has 124 valence electrons. The van der Waals surface area contributed by atoms with Crippen LogP contribution in [0.1, 0.15) is 48.6 Å². The number of nitriles is 1. The number of hydrogen-bond donors (Lipinski definition) is 2. The van der Waals surface area contributed by atoms with Crippen LogP contribution in [0, 0.1) is 11.3 Å². The average molecular weight is 333 g/mol. The summed E-state index contributed by atoms with van der Waals surface area (Å²) in [5.74, 6) is -0.0907. The van der Waals surface area contributed by atoms with Gasteiger partial charge < -0.3 is 10.4 Å². The number of aliphatic hydroxyl groups excluding tert-OH is 1. The molecule has 0 saturated carbocycles. The molecule has 0 spiro atoms. The third kappa shape index (κ3) is 3.42. The molecule has 2 N–H and O–H groups in total. The normalized spacial score (nSPS) is 22.9. The zero-order valence-electron chi connectivity index (χ0n) is 13.5. The Kier molecular flexibility index (Phi) is 5.00. The molecule has 1 amide bonds. The zero-order valence-corrected chi connectivity index (χ0v) is 14.3. The van der Waals surface area contributed by atoms with E-state index in [1.165, 1.54) is 11.3 Å². The number of likely N-dealkylation sites (tertiary alicyclic amines) is 1. The van der Waals surface area contributed by atoms with Crippen molar-refractivity contribution in [2.45, 2.75) is 57.6 Å².